The molecular weight excluding hydrogens is 248 g/mol. The summed E-state index contributed by atoms with van der Waals surface area (Å²) in [5, 5.41) is 10.8. The van der Waals surface area contributed by atoms with E-state index in [0.29, 0.717) is 17.2 Å². The lowest BCUT2D eigenvalue weighted by Gasteiger charge is -2.13. The molecule has 0 saturated carbocycles. The van der Waals surface area contributed by atoms with Crippen molar-refractivity contribution in [1.82, 2.24) is 0 Å². The van der Waals surface area contributed by atoms with Crippen LogP contribution in [0, 0.1) is 0 Å². The highest BCUT2D eigenvalue weighted by atomic mass is 35.5. The Kier molecular flexibility index (Phi) is 4.24. The molecule has 0 saturated heterocycles. The Morgan fingerprint density at radius 1 is 1.11 bits per heavy atom. The first-order valence-corrected chi connectivity index (χ1v) is 6.25. The molecule has 2 aromatic carbocycles. The molecule has 0 aromatic heterocycles. The zero-order valence-electron chi connectivity index (χ0n) is 10.1. The zero-order chi connectivity index (χ0) is 13.0. The molecule has 0 spiro atoms. The maximum atomic E-state index is 10.3. The average molecular weight is 263 g/mol. The van der Waals surface area contributed by atoms with E-state index in [1.54, 1.807) is 6.07 Å². The lowest BCUT2D eigenvalue weighted by atomic mass is 10.0. The maximum absolute atomic E-state index is 10.3. The van der Waals surface area contributed by atoms with E-state index < -0.39 is 6.10 Å². The molecule has 0 unspecified atom stereocenters. The molecule has 0 aliphatic rings. The topological polar surface area (TPSA) is 29.5 Å². The second-order valence-electron chi connectivity index (χ2n) is 3.93. The number of aliphatic hydroxyl groups excluding tert-OH is 1. The minimum absolute atomic E-state index is 0.568. The van der Waals surface area contributed by atoms with E-state index in [-0.39, 0.29) is 0 Å². The smallest absolute Gasteiger partial charge is 0.119 e. The molecule has 94 valence electrons. The van der Waals surface area contributed by atoms with Crippen LogP contribution in [-0.2, 0) is 0 Å². The first kappa shape index (κ1) is 12.9. The van der Waals surface area contributed by atoms with E-state index >= 15 is 0 Å². The lowest BCUT2D eigenvalue weighted by Crippen LogP contribution is -2.00. The van der Waals surface area contributed by atoms with Gasteiger partial charge in [0.05, 0.1) is 6.61 Å². The van der Waals surface area contributed by atoms with E-state index in [9.17, 15) is 5.11 Å². The summed E-state index contributed by atoms with van der Waals surface area (Å²) in [6, 6.07) is 14.7. The zero-order valence-corrected chi connectivity index (χ0v) is 10.9. The molecule has 2 nitrogen and oxygen atoms in total. The third-order valence-electron chi connectivity index (χ3n) is 2.71. The number of rotatable bonds is 4. The summed E-state index contributed by atoms with van der Waals surface area (Å²) in [6.45, 7) is 2.57. The second-order valence-corrected chi connectivity index (χ2v) is 4.33. The van der Waals surface area contributed by atoms with Crippen LogP contribution in [0.1, 0.15) is 24.2 Å². The van der Waals surface area contributed by atoms with Gasteiger partial charge < -0.3 is 9.84 Å². The normalized spacial score (nSPS) is 12.2. The van der Waals surface area contributed by atoms with Crippen molar-refractivity contribution >= 4 is 11.6 Å². The van der Waals surface area contributed by atoms with Crippen molar-refractivity contribution in [1.29, 1.82) is 0 Å². The fraction of sp³-hybridized carbons (Fsp3) is 0.200. The Bertz CT molecular complexity index is 508. The first-order chi connectivity index (χ1) is 8.72. The minimum Gasteiger partial charge on any atom is -0.494 e. The molecule has 1 N–H and O–H groups in total. The fourth-order valence-corrected chi connectivity index (χ4v) is 2.03. The molecule has 18 heavy (non-hydrogen) atoms. The van der Waals surface area contributed by atoms with Gasteiger partial charge in [-0.2, -0.15) is 0 Å². The minimum atomic E-state index is -0.714. The quantitative estimate of drug-likeness (QED) is 0.908. The summed E-state index contributed by atoms with van der Waals surface area (Å²) in [5.74, 6) is 0.799. The average Bonchev–Trinajstić information content (AvgIpc) is 2.40. The molecule has 3 heteroatoms. The molecule has 1 atom stereocenters. The number of hydrogen-bond acceptors (Lipinski definition) is 2. The van der Waals surface area contributed by atoms with Gasteiger partial charge in [-0.25, -0.2) is 0 Å². The SMILES string of the molecule is CCOc1ccc([C@@H](O)c2ccccc2Cl)cc1. The van der Waals surface area contributed by atoms with Gasteiger partial charge in [0.15, 0.2) is 0 Å². The van der Waals surface area contributed by atoms with Gasteiger partial charge in [-0.1, -0.05) is 41.9 Å². The fourth-order valence-electron chi connectivity index (χ4n) is 1.79. The van der Waals surface area contributed by atoms with Crippen molar-refractivity contribution in [2.24, 2.45) is 0 Å². The number of halogens is 1. The lowest BCUT2D eigenvalue weighted by molar-refractivity contribution is 0.220. The van der Waals surface area contributed by atoms with Crippen LogP contribution >= 0.6 is 11.6 Å². The molecule has 0 bridgehead atoms. The van der Waals surface area contributed by atoms with Crippen LogP contribution in [0.3, 0.4) is 0 Å². The van der Waals surface area contributed by atoms with Gasteiger partial charge in [-0.15, -0.1) is 0 Å². The highest BCUT2D eigenvalue weighted by molar-refractivity contribution is 6.31. The molecule has 0 aliphatic carbocycles. The summed E-state index contributed by atoms with van der Waals surface area (Å²) >= 11 is 6.07. The Labute approximate surface area is 112 Å². The molecule has 0 aliphatic heterocycles. The Hall–Kier alpha value is -1.51. The maximum Gasteiger partial charge on any atom is 0.119 e. The van der Waals surface area contributed by atoms with Gasteiger partial charge in [-0.3, -0.25) is 0 Å². The van der Waals surface area contributed by atoms with Crippen molar-refractivity contribution in [3.8, 4) is 5.75 Å². The van der Waals surface area contributed by atoms with E-state index in [2.05, 4.69) is 0 Å². The van der Waals surface area contributed by atoms with E-state index in [1.165, 1.54) is 0 Å². The van der Waals surface area contributed by atoms with Crippen molar-refractivity contribution in [2.75, 3.05) is 6.61 Å². The van der Waals surface area contributed by atoms with Crippen molar-refractivity contribution in [3.63, 3.8) is 0 Å². The van der Waals surface area contributed by atoms with Crippen molar-refractivity contribution in [2.45, 2.75) is 13.0 Å². The summed E-state index contributed by atoms with van der Waals surface area (Å²) in [7, 11) is 0. The predicted octanol–water partition coefficient (Wildman–Crippen LogP) is 3.82. The summed E-state index contributed by atoms with van der Waals surface area (Å²) in [4.78, 5) is 0. The number of benzene rings is 2. The largest absolute Gasteiger partial charge is 0.494 e. The van der Waals surface area contributed by atoms with Crippen LogP contribution in [-0.4, -0.2) is 11.7 Å². The monoisotopic (exact) mass is 262 g/mol. The highest BCUT2D eigenvalue weighted by Gasteiger charge is 2.13. The Morgan fingerprint density at radius 3 is 2.39 bits per heavy atom. The van der Waals surface area contributed by atoms with E-state index in [0.717, 1.165) is 11.3 Å². The molecule has 2 rings (SSSR count). The highest BCUT2D eigenvalue weighted by Crippen LogP contribution is 2.28. The standard InChI is InChI=1S/C15H15ClO2/c1-2-18-12-9-7-11(8-10-12)15(17)13-5-3-4-6-14(13)16/h3-10,15,17H,2H2,1H3/t15-/m1/s1. The second kappa shape index (κ2) is 5.89. The van der Waals surface area contributed by atoms with Gasteiger partial charge in [0.2, 0.25) is 0 Å². The Morgan fingerprint density at radius 2 is 1.78 bits per heavy atom. The molecule has 0 radical (unpaired) electrons. The summed E-state index contributed by atoms with van der Waals surface area (Å²) in [5.41, 5.74) is 1.51. The van der Waals surface area contributed by atoms with E-state index in [4.69, 9.17) is 16.3 Å². The van der Waals surface area contributed by atoms with Gasteiger partial charge in [0.25, 0.3) is 0 Å². The predicted molar refractivity (Wildman–Crippen MR) is 73.1 cm³/mol. The number of hydrogen-bond donors (Lipinski definition) is 1. The third kappa shape index (κ3) is 2.84. The van der Waals surface area contributed by atoms with Crippen LogP contribution in [0.2, 0.25) is 5.02 Å². The van der Waals surface area contributed by atoms with E-state index in [1.807, 2.05) is 49.4 Å². The van der Waals surface area contributed by atoms with Crippen LogP contribution in [0.5, 0.6) is 5.75 Å². The van der Waals surface area contributed by atoms with Gasteiger partial charge in [0, 0.05) is 10.6 Å². The van der Waals surface area contributed by atoms with Crippen LogP contribution in [0.4, 0.5) is 0 Å². The first-order valence-electron chi connectivity index (χ1n) is 5.87. The van der Waals surface area contributed by atoms with Gasteiger partial charge in [-0.05, 0) is 30.7 Å². The van der Waals surface area contributed by atoms with Crippen LogP contribution < -0.4 is 4.74 Å². The molecule has 0 amide bonds. The molecular formula is C15H15ClO2. The van der Waals surface area contributed by atoms with Gasteiger partial charge >= 0.3 is 0 Å². The third-order valence-corrected chi connectivity index (χ3v) is 3.05. The van der Waals surface area contributed by atoms with Crippen LogP contribution in [0.25, 0.3) is 0 Å². The van der Waals surface area contributed by atoms with Gasteiger partial charge in [0.1, 0.15) is 11.9 Å². The summed E-state index contributed by atoms with van der Waals surface area (Å²) in [6.07, 6.45) is -0.714. The number of aliphatic hydroxyl groups is 1. The number of ether oxygens (including phenoxy) is 1. The molecule has 2 aromatic rings. The summed E-state index contributed by atoms with van der Waals surface area (Å²) < 4.78 is 5.36. The van der Waals surface area contributed by atoms with Crippen molar-refractivity contribution in [3.05, 3.63) is 64.7 Å². The molecule has 0 fully saturated rings. The molecule has 0 heterocycles. The van der Waals surface area contributed by atoms with Crippen molar-refractivity contribution < 1.29 is 9.84 Å². The Balaban J connectivity index is 2.23. The van der Waals surface area contributed by atoms with Crippen LogP contribution in [0.15, 0.2) is 48.5 Å².